The van der Waals surface area contributed by atoms with Crippen LogP contribution in [0.15, 0.2) is 24.3 Å². The summed E-state index contributed by atoms with van der Waals surface area (Å²) in [6.45, 7) is 16.8. The van der Waals surface area contributed by atoms with Gasteiger partial charge in [0.1, 0.15) is 0 Å². The maximum Gasteiger partial charge on any atom is 0.254 e. The highest BCUT2D eigenvalue weighted by Gasteiger charge is 2.27. The summed E-state index contributed by atoms with van der Waals surface area (Å²) in [5.41, 5.74) is 1.30. The average molecular weight is 389 g/mol. The highest BCUT2D eigenvalue weighted by Crippen LogP contribution is 2.20. The van der Waals surface area contributed by atoms with Gasteiger partial charge in [-0.2, -0.15) is 0 Å². The van der Waals surface area contributed by atoms with Crippen LogP contribution in [0.2, 0.25) is 0 Å². The largest absolute Gasteiger partial charge is 0.333 e. The Bertz CT molecular complexity index is 551. The fourth-order valence-corrected chi connectivity index (χ4v) is 3.51. The second-order valence-corrected chi connectivity index (χ2v) is 8.03. The zero-order valence-electron chi connectivity index (χ0n) is 19.2. The molecular formula is C24H40N2O2. The number of rotatable bonds is 10. The minimum Gasteiger partial charge on any atom is -0.333 e. The van der Waals surface area contributed by atoms with Crippen molar-refractivity contribution in [2.45, 2.75) is 105 Å². The number of nitrogens with zero attached hydrogens (tertiary/aromatic N) is 2. The Morgan fingerprint density at radius 2 is 0.821 bits per heavy atom. The van der Waals surface area contributed by atoms with Crippen LogP contribution in [0.1, 0.15) is 102 Å². The molecule has 158 valence electrons. The van der Waals surface area contributed by atoms with Crippen LogP contribution >= 0.6 is 0 Å². The third-order valence-corrected chi connectivity index (χ3v) is 6.11. The molecule has 0 aliphatic heterocycles. The quantitative estimate of drug-likeness (QED) is 0.511. The van der Waals surface area contributed by atoms with Gasteiger partial charge in [0.2, 0.25) is 0 Å². The highest BCUT2D eigenvalue weighted by atomic mass is 16.2. The molecule has 4 atom stereocenters. The number of benzene rings is 1. The lowest BCUT2D eigenvalue weighted by molar-refractivity contribution is 0.0585. The van der Waals surface area contributed by atoms with Gasteiger partial charge in [-0.05, 0) is 77.6 Å². The van der Waals surface area contributed by atoms with Crippen molar-refractivity contribution in [3.05, 3.63) is 35.4 Å². The molecule has 0 heterocycles. The third kappa shape index (κ3) is 5.59. The van der Waals surface area contributed by atoms with E-state index in [0.29, 0.717) is 11.1 Å². The van der Waals surface area contributed by atoms with Crippen LogP contribution < -0.4 is 0 Å². The van der Waals surface area contributed by atoms with Crippen LogP contribution in [0.4, 0.5) is 0 Å². The molecule has 1 aromatic rings. The lowest BCUT2D eigenvalue weighted by Gasteiger charge is -2.35. The van der Waals surface area contributed by atoms with Gasteiger partial charge in [-0.15, -0.1) is 0 Å². The monoisotopic (exact) mass is 388 g/mol. The molecular weight excluding hydrogens is 348 g/mol. The second kappa shape index (κ2) is 11.2. The van der Waals surface area contributed by atoms with Gasteiger partial charge >= 0.3 is 0 Å². The van der Waals surface area contributed by atoms with Crippen LogP contribution in [0, 0.1) is 0 Å². The van der Waals surface area contributed by atoms with E-state index in [1.165, 1.54) is 0 Å². The lowest BCUT2D eigenvalue weighted by Crippen LogP contribution is -2.44. The number of carbonyl (C=O) groups excluding carboxylic acids is 2. The Kier molecular flexibility index (Phi) is 9.71. The summed E-state index contributed by atoms with van der Waals surface area (Å²) in [4.78, 5) is 30.1. The molecule has 0 aromatic heterocycles. The molecule has 1 aromatic carbocycles. The number of hydrogen-bond acceptors (Lipinski definition) is 2. The summed E-state index contributed by atoms with van der Waals surface area (Å²) < 4.78 is 0. The summed E-state index contributed by atoms with van der Waals surface area (Å²) in [5.74, 6) is 0.0896. The second-order valence-electron chi connectivity index (χ2n) is 8.03. The van der Waals surface area contributed by atoms with Crippen molar-refractivity contribution < 1.29 is 9.59 Å². The Balaban J connectivity index is 3.12. The van der Waals surface area contributed by atoms with Crippen molar-refractivity contribution in [1.29, 1.82) is 0 Å². The molecule has 0 bridgehead atoms. The van der Waals surface area contributed by atoms with E-state index in [1.807, 2.05) is 9.80 Å². The molecule has 4 unspecified atom stereocenters. The number of carbonyl (C=O) groups is 2. The summed E-state index contributed by atoms with van der Waals surface area (Å²) in [6, 6.07) is 7.98. The first-order valence-corrected chi connectivity index (χ1v) is 11.0. The predicted octanol–water partition coefficient (Wildman–Crippen LogP) is 5.77. The molecule has 0 spiro atoms. The molecule has 28 heavy (non-hydrogen) atoms. The molecule has 0 N–H and O–H groups in total. The molecule has 1 rings (SSSR count). The Morgan fingerprint density at radius 1 is 0.607 bits per heavy atom. The summed E-state index contributed by atoms with van der Waals surface area (Å²) in [7, 11) is 0. The zero-order valence-corrected chi connectivity index (χ0v) is 19.2. The zero-order chi connectivity index (χ0) is 21.4. The van der Waals surface area contributed by atoms with Crippen LogP contribution in [-0.2, 0) is 0 Å². The van der Waals surface area contributed by atoms with Crippen molar-refractivity contribution in [2.75, 3.05) is 0 Å². The molecule has 0 saturated carbocycles. The fraction of sp³-hybridized carbons (Fsp3) is 0.667. The summed E-state index contributed by atoms with van der Waals surface area (Å²) in [6.07, 6.45) is 3.69. The van der Waals surface area contributed by atoms with Gasteiger partial charge in [0.05, 0.1) is 0 Å². The molecule has 4 heteroatoms. The molecule has 0 radical (unpaired) electrons. The highest BCUT2D eigenvalue weighted by molar-refractivity contribution is 5.98. The van der Waals surface area contributed by atoms with Crippen LogP contribution in [0.5, 0.6) is 0 Å². The maximum absolute atomic E-state index is 13.1. The molecule has 0 aliphatic rings. The van der Waals surface area contributed by atoms with Gasteiger partial charge in [-0.3, -0.25) is 9.59 Å². The van der Waals surface area contributed by atoms with Gasteiger partial charge in [0, 0.05) is 35.3 Å². The van der Waals surface area contributed by atoms with E-state index < -0.39 is 0 Å². The fourth-order valence-electron chi connectivity index (χ4n) is 3.51. The number of amides is 2. The van der Waals surface area contributed by atoms with Gasteiger partial charge in [0.15, 0.2) is 0 Å². The summed E-state index contributed by atoms with van der Waals surface area (Å²) >= 11 is 0. The van der Waals surface area contributed by atoms with Crippen LogP contribution in [-0.4, -0.2) is 45.8 Å². The SMILES string of the molecule is CCC(C)N(C(=O)c1ccc(C(=O)N(C(C)CC)C(C)CC)cc1)C(C)CC. The van der Waals surface area contributed by atoms with E-state index in [1.54, 1.807) is 24.3 Å². The van der Waals surface area contributed by atoms with Crippen molar-refractivity contribution in [1.82, 2.24) is 9.80 Å². The normalized spacial score (nSPS) is 15.4. The molecule has 0 fully saturated rings. The molecule has 2 amide bonds. The number of hydrogen-bond donors (Lipinski definition) is 0. The smallest absolute Gasteiger partial charge is 0.254 e. The van der Waals surface area contributed by atoms with E-state index >= 15 is 0 Å². The molecule has 0 saturated heterocycles. The van der Waals surface area contributed by atoms with E-state index in [4.69, 9.17) is 0 Å². The molecule has 4 nitrogen and oxygen atoms in total. The van der Waals surface area contributed by atoms with Crippen molar-refractivity contribution >= 4 is 11.8 Å². The van der Waals surface area contributed by atoms with Gasteiger partial charge in [0.25, 0.3) is 11.8 Å². The Labute approximate surface area is 172 Å². The topological polar surface area (TPSA) is 40.6 Å². The Morgan fingerprint density at radius 3 is 1.00 bits per heavy atom. The third-order valence-electron chi connectivity index (χ3n) is 6.11. The van der Waals surface area contributed by atoms with Crippen LogP contribution in [0.25, 0.3) is 0 Å². The van der Waals surface area contributed by atoms with Crippen molar-refractivity contribution in [3.8, 4) is 0 Å². The average Bonchev–Trinajstić information content (AvgIpc) is 2.72. The van der Waals surface area contributed by atoms with Crippen molar-refractivity contribution in [2.24, 2.45) is 0 Å². The van der Waals surface area contributed by atoms with Gasteiger partial charge in [-0.1, -0.05) is 27.7 Å². The Hall–Kier alpha value is -1.84. The van der Waals surface area contributed by atoms with Crippen molar-refractivity contribution in [3.63, 3.8) is 0 Å². The van der Waals surface area contributed by atoms with E-state index in [9.17, 15) is 9.59 Å². The maximum atomic E-state index is 13.1. The minimum absolute atomic E-state index is 0.0448. The van der Waals surface area contributed by atoms with Gasteiger partial charge < -0.3 is 9.80 Å². The van der Waals surface area contributed by atoms with Crippen LogP contribution in [0.3, 0.4) is 0 Å². The summed E-state index contributed by atoms with van der Waals surface area (Å²) in [5, 5.41) is 0. The lowest BCUT2D eigenvalue weighted by atomic mass is 10.0. The first kappa shape index (κ1) is 24.2. The first-order valence-electron chi connectivity index (χ1n) is 11.0. The van der Waals surface area contributed by atoms with Gasteiger partial charge in [-0.25, -0.2) is 0 Å². The minimum atomic E-state index is 0.0448. The predicted molar refractivity (Wildman–Crippen MR) is 118 cm³/mol. The first-order chi connectivity index (χ1) is 13.2. The standard InChI is InChI=1S/C24H40N2O2/c1-9-17(5)25(18(6)10-2)23(27)21-13-15-22(16-14-21)24(28)26(19(7)11-3)20(8)12-4/h13-20H,9-12H2,1-8H3. The van der Waals surface area contributed by atoms with E-state index in [0.717, 1.165) is 25.7 Å². The molecule has 0 aliphatic carbocycles. The van der Waals surface area contributed by atoms with E-state index in [2.05, 4.69) is 55.4 Å². The van der Waals surface area contributed by atoms with E-state index in [-0.39, 0.29) is 36.0 Å².